The lowest BCUT2D eigenvalue weighted by Gasteiger charge is -2.10. The van der Waals surface area contributed by atoms with E-state index in [1.165, 1.54) is 10.8 Å². The molecule has 3 rings (SSSR count). The van der Waals surface area contributed by atoms with Crippen LogP contribution in [0.2, 0.25) is 0 Å². The molecule has 2 nitrogen and oxygen atoms in total. The normalized spacial score (nSPS) is 10.8. The first-order valence-electron chi connectivity index (χ1n) is 6.61. The summed E-state index contributed by atoms with van der Waals surface area (Å²) in [5, 5.41) is 21.0. The van der Waals surface area contributed by atoms with E-state index >= 15 is 0 Å². The summed E-state index contributed by atoms with van der Waals surface area (Å²) in [4.78, 5) is 0. The van der Waals surface area contributed by atoms with Gasteiger partial charge < -0.3 is 10.0 Å². The Morgan fingerprint density at radius 1 is 0.800 bits per heavy atom. The first-order chi connectivity index (χ1) is 9.65. The van der Waals surface area contributed by atoms with E-state index in [0.717, 1.165) is 16.7 Å². The summed E-state index contributed by atoms with van der Waals surface area (Å²) in [6, 6.07) is 20.0. The number of hydrogen-bond donors (Lipinski definition) is 2. The van der Waals surface area contributed by atoms with Gasteiger partial charge in [0.15, 0.2) is 0 Å². The Morgan fingerprint density at radius 2 is 1.55 bits per heavy atom. The highest BCUT2D eigenvalue weighted by molar-refractivity contribution is 6.58. The Labute approximate surface area is 118 Å². The van der Waals surface area contributed by atoms with Crippen molar-refractivity contribution in [2.45, 2.75) is 6.92 Å². The van der Waals surface area contributed by atoms with Crippen LogP contribution in [0.1, 0.15) is 5.56 Å². The first kappa shape index (κ1) is 12.9. The van der Waals surface area contributed by atoms with Crippen LogP contribution < -0.4 is 5.46 Å². The van der Waals surface area contributed by atoms with Gasteiger partial charge in [-0.25, -0.2) is 0 Å². The highest BCUT2D eigenvalue weighted by atomic mass is 16.4. The fraction of sp³-hybridized carbons (Fsp3) is 0.0588. The van der Waals surface area contributed by atoms with E-state index in [1.54, 1.807) is 6.07 Å². The Hall–Kier alpha value is -2.10. The minimum absolute atomic E-state index is 0.513. The molecule has 20 heavy (non-hydrogen) atoms. The van der Waals surface area contributed by atoms with Crippen molar-refractivity contribution in [3.05, 3.63) is 66.2 Å². The molecule has 0 saturated heterocycles. The van der Waals surface area contributed by atoms with Crippen LogP contribution in [-0.2, 0) is 0 Å². The molecule has 3 aromatic carbocycles. The van der Waals surface area contributed by atoms with Gasteiger partial charge in [0.2, 0.25) is 0 Å². The minimum Gasteiger partial charge on any atom is -0.423 e. The van der Waals surface area contributed by atoms with Crippen molar-refractivity contribution in [1.29, 1.82) is 0 Å². The monoisotopic (exact) mass is 262 g/mol. The van der Waals surface area contributed by atoms with Crippen LogP contribution in [0.15, 0.2) is 60.7 Å². The van der Waals surface area contributed by atoms with Crippen molar-refractivity contribution in [2.24, 2.45) is 0 Å². The number of hydrogen-bond acceptors (Lipinski definition) is 2. The van der Waals surface area contributed by atoms with Crippen LogP contribution in [-0.4, -0.2) is 17.2 Å². The van der Waals surface area contributed by atoms with E-state index < -0.39 is 7.12 Å². The molecule has 0 amide bonds. The predicted molar refractivity (Wildman–Crippen MR) is 83.9 cm³/mol. The summed E-state index contributed by atoms with van der Waals surface area (Å²) in [6.45, 7) is 2.03. The lowest BCUT2D eigenvalue weighted by molar-refractivity contribution is 0.426. The third-order valence-electron chi connectivity index (χ3n) is 3.62. The fourth-order valence-electron chi connectivity index (χ4n) is 2.47. The summed E-state index contributed by atoms with van der Waals surface area (Å²) in [5.74, 6) is 0. The Kier molecular flexibility index (Phi) is 3.31. The molecule has 98 valence electrons. The molecule has 0 saturated carbocycles. The molecule has 0 heterocycles. The van der Waals surface area contributed by atoms with E-state index in [-0.39, 0.29) is 0 Å². The van der Waals surface area contributed by atoms with E-state index in [9.17, 15) is 10.0 Å². The largest absolute Gasteiger partial charge is 0.488 e. The lowest BCUT2D eigenvalue weighted by Crippen LogP contribution is -2.29. The third kappa shape index (κ3) is 2.33. The highest BCUT2D eigenvalue weighted by Gasteiger charge is 2.13. The zero-order valence-electron chi connectivity index (χ0n) is 11.2. The van der Waals surface area contributed by atoms with Gasteiger partial charge in [0.25, 0.3) is 0 Å². The van der Waals surface area contributed by atoms with Crippen LogP contribution >= 0.6 is 0 Å². The molecule has 0 aliphatic rings. The van der Waals surface area contributed by atoms with Crippen molar-refractivity contribution in [2.75, 3.05) is 0 Å². The summed E-state index contributed by atoms with van der Waals surface area (Å²) in [6.07, 6.45) is 0. The predicted octanol–water partition coefficient (Wildman–Crippen LogP) is 2.50. The van der Waals surface area contributed by atoms with Crippen molar-refractivity contribution >= 4 is 23.4 Å². The molecule has 0 radical (unpaired) electrons. The average Bonchev–Trinajstić information content (AvgIpc) is 2.47. The molecule has 0 spiro atoms. The van der Waals surface area contributed by atoms with E-state index in [2.05, 4.69) is 30.3 Å². The summed E-state index contributed by atoms with van der Waals surface area (Å²) < 4.78 is 0. The SMILES string of the molecule is Cc1ccc(B(O)O)cc1-c1ccc2ccccc2c1. The number of fused-ring (bicyclic) bond motifs is 1. The molecule has 3 aromatic rings. The maximum absolute atomic E-state index is 9.31. The van der Waals surface area contributed by atoms with Gasteiger partial charge in [0.05, 0.1) is 0 Å². The van der Waals surface area contributed by atoms with Crippen molar-refractivity contribution < 1.29 is 10.0 Å². The standard InChI is InChI=1S/C17H15BO2/c1-12-6-9-16(18(19)20)11-17(12)15-8-7-13-4-2-3-5-14(13)10-15/h2-11,19-20H,1H3. The van der Waals surface area contributed by atoms with Crippen LogP contribution in [0.25, 0.3) is 21.9 Å². The maximum Gasteiger partial charge on any atom is 0.488 e. The molecule has 0 aromatic heterocycles. The highest BCUT2D eigenvalue weighted by Crippen LogP contribution is 2.26. The van der Waals surface area contributed by atoms with Crippen LogP contribution in [0.4, 0.5) is 0 Å². The zero-order valence-corrected chi connectivity index (χ0v) is 11.2. The summed E-state index contributed by atoms with van der Waals surface area (Å²) in [5.41, 5.74) is 3.74. The van der Waals surface area contributed by atoms with Gasteiger partial charge in [-0.05, 0) is 45.9 Å². The second-order valence-electron chi connectivity index (χ2n) is 5.01. The topological polar surface area (TPSA) is 40.5 Å². The molecular weight excluding hydrogens is 247 g/mol. The fourth-order valence-corrected chi connectivity index (χ4v) is 2.47. The Bertz CT molecular complexity index is 766. The molecule has 0 aliphatic heterocycles. The molecule has 0 fully saturated rings. The molecular formula is C17H15BO2. The number of aryl methyl sites for hydroxylation is 1. The minimum atomic E-state index is -1.44. The van der Waals surface area contributed by atoms with Crippen molar-refractivity contribution in [3.63, 3.8) is 0 Å². The molecule has 0 atom stereocenters. The van der Waals surface area contributed by atoms with Crippen LogP contribution in [0, 0.1) is 6.92 Å². The quantitative estimate of drug-likeness (QED) is 0.696. The number of rotatable bonds is 2. The molecule has 2 N–H and O–H groups in total. The summed E-state index contributed by atoms with van der Waals surface area (Å²) >= 11 is 0. The second-order valence-corrected chi connectivity index (χ2v) is 5.01. The Morgan fingerprint density at radius 3 is 2.30 bits per heavy atom. The number of benzene rings is 3. The van der Waals surface area contributed by atoms with Gasteiger partial charge in [-0.2, -0.15) is 0 Å². The van der Waals surface area contributed by atoms with Gasteiger partial charge in [0.1, 0.15) is 0 Å². The molecule has 0 bridgehead atoms. The van der Waals surface area contributed by atoms with Gasteiger partial charge in [0, 0.05) is 0 Å². The van der Waals surface area contributed by atoms with Gasteiger partial charge in [-0.15, -0.1) is 0 Å². The van der Waals surface area contributed by atoms with Gasteiger partial charge >= 0.3 is 7.12 Å². The zero-order chi connectivity index (χ0) is 14.1. The van der Waals surface area contributed by atoms with Crippen molar-refractivity contribution in [1.82, 2.24) is 0 Å². The van der Waals surface area contributed by atoms with Crippen molar-refractivity contribution in [3.8, 4) is 11.1 Å². The van der Waals surface area contributed by atoms with E-state index in [1.807, 2.05) is 31.2 Å². The van der Waals surface area contributed by atoms with Crippen LogP contribution in [0.5, 0.6) is 0 Å². The summed E-state index contributed by atoms with van der Waals surface area (Å²) in [7, 11) is -1.44. The lowest BCUT2D eigenvalue weighted by atomic mass is 9.78. The molecule has 0 unspecified atom stereocenters. The van der Waals surface area contributed by atoms with Gasteiger partial charge in [-0.3, -0.25) is 0 Å². The Balaban J connectivity index is 2.17. The maximum atomic E-state index is 9.31. The average molecular weight is 262 g/mol. The second kappa shape index (κ2) is 5.12. The molecule has 3 heteroatoms. The van der Waals surface area contributed by atoms with E-state index in [4.69, 9.17) is 0 Å². The third-order valence-corrected chi connectivity index (χ3v) is 3.62. The first-order valence-corrected chi connectivity index (χ1v) is 6.61. The van der Waals surface area contributed by atoms with E-state index in [0.29, 0.717) is 5.46 Å². The molecule has 0 aliphatic carbocycles. The smallest absolute Gasteiger partial charge is 0.423 e. The van der Waals surface area contributed by atoms with Gasteiger partial charge in [-0.1, -0.05) is 54.6 Å². The van der Waals surface area contributed by atoms with Crippen LogP contribution in [0.3, 0.4) is 0 Å².